The van der Waals surface area contributed by atoms with Crippen LogP contribution < -0.4 is 11.1 Å². The summed E-state index contributed by atoms with van der Waals surface area (Å²) in [6, 6.07) is 14.7. The Morgan fingerprint density at radius 2 is 1.67 bits per heavy atom. The molecule has 3 N–H and O–H groups in total. The molecular formula is C16H15FN4. The van der Waals surface area contributed by atoms with Crippen molar-refractivity contribution >= 4 is 11.4 Å². The molecule has 0 spiro atoms. The van der Waals surface area contributed by atoms with Gasteiger partial charge in [-0.05, 0) is 49.4 Å². The van der Waals surface area contributed by atoms with E-state index in [0.717, 1.165) is 12.2 Å². The van der Waals surface area contributed by atoms with Gasteiger partial charge in [-0.2, -0.15) is 10.5 Å². The Hall–Kier alpha value is -3.05. The fourth-order valence-electron chi connectivity index (χ4n) is 1.52. The molecule has 4 nitrogen and oxygen atoms in total. The summed E-state index contributed by atoms with van der Waals surface area (Å²) >= 11 is 0. The van der Waals surface area contributed by atoms with E-state index in [0.29, 0.717) is 16.8 Å². The molecule has 0 unspecified atom stereocenters. The lowest BCUT2D eigenvalue weighted by Crippen LogP contribution is -1.95. The lowest BCUT2D eigenvalue weighted by molar-refractivity contribution is 0.628. The highest BCUT2D eigenvalue weighted by molar-refractivity contribution is 5.53. The monoisotopic (exact) mass is 282 g/mol. The minimum Gasteiger partial charge on any atom is -0.399 e. The largest absolute Gasteiger partial charge is 0.399 e. The second-order valence-electron chi connectivity index (χ2n) is 4.07. The van der Waals surface area contributed by atoms with Crippen molar-refractivity contribution in [1.82, 2.24) is 0 Å². The Morgan fingerprint density at radius 3 is 2.19 bits per heavy atom. The summed E-state index contributed by atoms with van der Waals surface area (Å²) in [6.07, 6.45) is 0. The molecule has 5 heteroatoms. The highest BCUT2D eigenvalue weighted by Gasteiger charge is 1.99. The molecular weight excluding hydrogens is 267 g/mol. The van der Waals surface area contributed by atoms with E-state index in [1.54, 1.807) is 18.2 Å². The third kappa shape index (κ3) is 5.22. The molecule has 2 rings (SSSR count). The quantitative estimate of drug-likeness (QED) is 0.828. The van der Waals surface area contributed by atoms with Crippen LogP contribution in [0.15, 0.2) is 42.5 Å². The van der Waals surface area contributed by atoms with Crippen LogP contribution in [-0.2, 0) is 0 Å². The number of nitriles is 2. The van der Waals surface area contributed by atoms with Gasteiger partial charge in [-0.3, -0.25) is 0 Å². The standard InChI is InChI=1S/C8H10FN.C8H5N3/c1-2-10-8-5-3-7(9)4-6-8;9-4-6-1-2-8(11)3-7(6)5-10/h3-6,10H,2H2,1H3;1-3H,11H2. The zero-order valence-electron chi connectivity index (χ0n) is 11.6. The molecule has 0 aliphatic carbocycles. The van der Waals surface area contributed by atoms with Gasteiger partial charge in [0.15, 0.2) is 0 Å². The number of nitrogen functional groups attached to an aromatic ring is 1. The molecule has 2 aromatic rings. The van der Waals surface area contributed by atoms with Crippen LogP contribution >= 0.6 is 0 Å². The molecule has 0 aromatic heterocycles. The number of nitrogens with zero attached hydrogens (tertiary/aromatic N) is 2. The topological polar surface area (TPSA) is 85.6 Å². The average Bonchev–Trinajstić information content (AvgIpc) is 2.50. The Labute approximate surface area is 123 Å². The first-order chi connectivity index (χ1) is 10.1. The van der Waals surface area contributed by atoms with E-state index >= 15 is 0 Å². The highest BCUT2D eigenvalue weighted by Crippen LogP contribution is 2.10. The fraction of sp³-hybridized carbons (Fsp3) is 0.125. The molecule has 0 amide bonds. The molecule has 0 radical (unpaired) electrons. The van der Waals surface area contributed by atoms with E-state index in [1.807, 2.05) is 19.1 Å². The number of rotatable bonds is 2. The van der Waals surface area contributed by atoms with E-state index in [-0.39, 0.29) is 5.82 Å². The van der Waals surface area contributed by atoms with E-state index < -0.39 is 0 Å². The van der Waals surface area contributed by atoms with Gasteiger partial charge in [0.25, 0.3) is 0 Å². The molecule has 0 aliphatic rings. The lowest BCUT2D eigenvalue weighted by Gasteiger charge is -2.00. The van der Waals surface area contributed by atoms with Crippen LogP contribution in [0.4, 0.5) is 15.8 Å². The van der Waals surface area contributed by atoms with Gasteiger partial charge in [0.1, 0.15) is 18.0 Å². The Bertz CT molecular complexity index is 666. The molecule has 106 valence electrons. The predicted molar refractivity (Wildman–Crippen MR) is 80.8 cm³/mol. The van der Waals surface area contributed by atoms with Gasteiger partial charge in [-0.25, -0.2) is 4.39 Å². The maximum atomic E-state index is 12.3. The lowest BCUT2D eigenvalue weighted by atomic mass is 10.1. The highest BCUT2D eigenvalue weighted by atomic mass is 19.1. The van der Waals surface area contributed by atoms with Gasteiger partial charge in [-0.1, -0.05) is 0 Å². The minimum atomic E-state index is -0.193. The molecule has 0 bridgehead atoms. The van der Waals surface area contributed by atoms with Crippen molar-refractivity contribution < 1.29 is 4.39 Å². The van der Waals surface area contributed by atoms with Gasteiger partial charge in [0.2, 0.25) is 0 Å². The summed E-state index contributed by atoms with van der Waals surface area (Å²) in [5, 5.41) is 20.1. The minimum absolute atomic E-state index is 0.193. The van der Waals surface area contributed by atoms with Crippen molar-refractivity contribution in [2.75, 3.05) is 17.6 Å². The van der Waals surface area contributed by atoms with Crippen LogP contribution in [0, 0.1) is 28.5 Å². The van der Waals surface area contributed by atoms with Crippen LogP contribution in [0.25, 0.3) is 0 Å². The summed E-state index contributed by atoms with van der Waals surface area (Å²) in [5.74, 6) is -0.193. The number of halogens is 1. The first-order valence-electron chi connectivity index (χ1n) is 6.29. The maximum absolute atomic E-state index is 12.3. The van der Waals surface area contributed by atoms with Gasteiger partial charge in [0.05, 0.1) is 11.1 Å². The summed E-state index contributed by atoms with van der Waals surface area (Å²) in [5.41, 5.74) is 7.55. The summed E-state index contributed by atoms with van der Waals surface area (Å²) in [7, 11) is 0. The predicted octanol–water partition coefficient (Wildman–Crippen LogP) is 3.27. The van der Waals surface area contributed by atoms with Crippen LogP contribution in [0.3, 0.4) is 0 Å². The van der Waals surface area contributed by atoms with E-state index in [4.69, 9.17) is 16.3 Å². The molecule has 0 saturated heterocycles. The first kappa shape index (κ1) is 16.0. The number of nitrogens with one attached hydrogen (secondary N) is 1. The van der Waals surface area contributed by atoms with Crippen molar-refractivity contribution in [3.63, 3.8) is 0 Å². The van der Waals surface area contributed by atoms with Crippen molar-refractivity contribution in [2.45, 2.75) is 6.92 Å². The zero-order chi connectivity index (χ0) is 15.7. The zero-order valence-corrected chi connectivity index (χ0v) is 11.6. The average molecular weight is 282 g/mol. The van der Waals surface area contributed by atoms with Crippen LogP contribution in [0.2, 0.25) is 0 Å². The maximum Gasteiger partial charge on any atom is 0.123 e. The number of hydrogen-bond donors (Lipinski definition) is 2. The van der Waals surface area contributed by atoms with E-state index in [9.17, 15) is 4.39 Å². The molecule has 0 fully saturated rings. The van der Waals surface area contributed by atoms with Crippen LogP contribution in [-0.4, -0.2) is 6.54 Å². The van der Waals surface area contributed by atoms with Crippen molar-refractivity contribution in [1.29, 1.82) is 10.5 Å². The summed E-state index contributed by atoms with van der Waals surface area (Å²) < 4.78 is 12.3. The molecule has 21 heavy (non-hydrogen) atoms. The molecule has 0 heterocycles. The number of benzene rings is 2. The molecule has 0 aliphatic heterocycles. The number of hydrogen-bond acceptors (Lipinski definition) is 4. The third-order valence-electron chi connectivity index (χ3n) is 2.51. The van der Waals surface area contributed by atoms with Gasteiger partial charge < -0.3 is 11.1 Å². The van der Waals surface area contributed by atoms with E-state index in [2.05, 4.69) is 5.32 Å². The Kier molecular flexibility index (Phi) is 6.24. The first-order valence-corrected chi connectivity index (χ1v) is 6.29. The fourth-order valence-corrected chi connectivity index (χ4v) is 1.52. The molecule has 0 atom stereocenters. The Balaban J connectivity index is 0.000000211. The molecule has 2 aromatic carbocycles. The summed E-state index contributed by atoms with van der Waals surface area (Å²) in [6.45, 7) is 2.87. The summed E-state index contributed by atoms with van der Waals surface area (Å²) in [4.78, 5) is 0. The normalized spacial score (nSPS) is 8.76. The Morgan fingerprint density at radius 1 is 1.05 bits per heavy atom. The van der Waals surface area contributed by atoms with Crippen LogP contribution in [0.1, 0.15) is 18.1 Å². The number of nitrogens with two attached hydrogens (primary N) is 1. The second kappa shape index (κ2) is 8.19. The van der Waals surface area contributed by atoms with Crippen LogP contribution in [0.5, 0.6) is 0 Å². The van der Waals surface area contributed by atoms with Crippen molar-refractivity contribution in [3.05, 3.63) is 59.4 Å². The number of anilines is 2. The smallest absolute Gasteiger partial charge is 0.123 e. The molecule has 0 saturated carbocycles. The SMILES string of the molecule is CCNc1ccc(F)cc1.N#Cc1ccc(N)cc1C#N. The van der Waals surface area contributed by atoms with Gasteiger partial charge in [-0.15, -0.1) is 0 Å². The van der Waals surface area contributed by atoms with Crippen molar-refractivity contribution in [2.24, 2.45) is 0 Å². The van der Waals surface area contributed by atoms with Gasteiger partial charge in [0, 0.05) is 17.9 Å². The van der Waals surface area contributed by atoms with E-state index in [1.165, 1.54) is 24.3 Å². The van der Waals surface area contributed by atoms with Crippen molar-refractivity contribution in [3.8, 4) is 12.1 Å². The van der Waals surface area contributed by atoms with Gasteiger partial charge >= 0.3 is 0 Å². The third-order valence-corrected chi connectivity index (χ3v) is 2.51. The second-order valence-corrected chi connectivity index (χ2v) is 4.07.